The van der Waals surface area contributed by atoms with Crippen LogP contribution >= 0.6 is 15.9 Å². The number of ether oxygens (including phenoxy) is 2. The molecule has 1 heterocycles. The summed E-state index contributed by atoms with van der Waals surface area (Å²) >= 11 is 3.56. The number of carbonyl (C=O) groups excluding carboxylic acids is 1. The molecule has 1 aliphatic carbocycles. The molecule has 0 unspecified atom stereocenters. The van der Waals surface area contributed by atoms with Gasteiger partial charge in [-0.25, -0.2) is 4.79 Å². The molecule has 0 amide bonds. The first kappa shape index (κ1) is 9.46. The summed E-state index contributed by atoms with van der Waals surface area (Å²) in [5, 5.41) is 0. The SMILES string of the molecule is O=C1COC[C@H]2CCC[C@H](Br)[C@H]2O1. The predicted octanol–water partition coefficient (Wildman–Crippen LogP) is 1.49. The highest BCUT2D eigenvalue weighted by Gasteiger charge is 2.36. The van der Waals surface area contributed by atoms with E-state index in [9.17, 15) is 4.79 Å². The minimum atomic E-state index is -0.223. The van der Waals surface area contributed by atoms with Gasteiger partial charge in [-0.15, -0.1) is 0 Å². The van der Waals surface area contributed by atoms with Gasteiger partial charge in [0.2, 0.25) is 0 Å². The molecule has 1 aliphatic heterocycles. The van der Waals surface area contributed by atoms with Crippen LogP contribution in [0.5, 0.6) is 0 Å². The lowest BCUT2D eigenvalue weighted by atomic mass is 9.87. The molecule has 4 heteroatoms. The van der Waals surface area contributed by atoms with Gasteiger partial charge < -0.3 is 9.47 Å². The number of rotatable bonds is 0. The van der Waals surface area contributed by atoms with E-state index in [1.54, 1.807) is 0 Å². The highest BCUT2D eigenvalue weighted by Crippen LogP contribution is 2.33. The molecule has 13 heavy (non-hydrogen) atoms. The molecule has 0 aromatic carbocycles. The first-order valence-corrected chi connectivity index (χ1v) is 5.60. The van der Waals surface area contributed by atoms with Crippen LogP contribution in [0.1, 0.15) is 19.3 Å². The standard InChI is InChI=1S/C9H13BrO3/c10-7-3-1-2-6-4-12-5-8(11)13-9(6)7/h6-7,9H,1-5H2/t6-,7+,9+/m1/s1. The molecule has 3 nitrogen and oxygen atoms in total. The lowest BCUT2D eigenvalue weighted by Crippen LogP contribution is -2.38. The summed E-state index contributed by atoms with van der Waals surface area (Å²) in [6.07, 6.45) is 3.43. The van der Waals surface area contributed by atoms with Gasteiger partial charge in [0.05, 0.1) is 11.4 Å². The van der Waals surface area contributed by atoms with Gasteiger partial charge >= 0.3 is 5.97 Å². The van der Waals surface area contributed by atoms with E-state index >= 15 is 0 Å². The molecule has 74 valence electrons. The number of hydrogen-bond donors (Lipinski definition) is 0. The van der Waals surface area contributed by atoms with Crippen molar-refractivity contribution in [1.29, 1.82) is 0 Å². The quantitative estimate of drug-likeness (QED) is 0.482. The summed E-state index contributed by atoms with van der Waals surface area (Å²) in [5.41, 5.74) is 0. The average Bonchev–Trinajstić information content (AvgIpc) is 2.28. The number of carbonyl (C=O) groups is 1. The number of alkyl halides is 1. The van der Waals surface area contributed by atoms with Crippen LogP contribution in [-0.4, -0.2) is 30.1 Å². The van der Waals surface area contributed by atoms with Crippen molar-refractivity contribution < 1.29 is 14.3 Å². The normalized spacial score (nSPS) is 40.4. The van der Waals surface area contributed by atoms with E-state index in [0.717, 1.165) is 12.8 Å². The Bertz CT molecular complexity index is 207. The van der Waals surface area contributed by atoms with Gasteiger partial charge in [-0.2, -0.15) is 0 Å². The van der Waals surface area contributed by atoms with Crippen molar-refractivity contribution in [2.75, 3.05) is 13.2 Å². The molecule has 0 N–H and O–H groups in total. The van der Waals surface area contributed by atoms with Crippen molar-refractivity contribution >= 4 is 21.9 Å². The van der Waals surface area contributed by atoms with E-state index in [0.29, 0.717) is 17.4 Å². The number of halogens is 1. The van der Waals surface area contributed by atoms with Gasteiger partial charge in [-0.05, 0) is 12.8 Å². The minimum Gasteiger partial charge on any atom is -0.459 e. The second kappa shape index (κ2) is 3.96. The summed E-state index contributed by atoms with van der Waals surface area (Å²) in [6.45, 7) is 0.783. The maximum Gasteiger partial charge on any atom is 0.332 e. The van der Waals surface area contributed by atoms with Crippen LogP contribution in [0.3, 0.4) is 0 Å². The summed E-state index contributed by atoms with van der Waals surface area (Å²) in [4.78, 5) is 11.4. The zero-order valence-corrected chi connectivity index (χ0v) is 8.96. The Kier molecular flexibility index (Phi) is 2.89. The Labute approximate surface area is 85.9 Å². The Hall–Kier alpha value is -0.0900. The predicted molar refractivity (Wildman–Crippen MR) is 50.8 cm³/mol. The fraction of sp³-hybridized carbons (Fsp3) is 0.889. The fourth-order valence-corrected chi connectivity index (χ4v) is 2.89. The maximum atomic E-state index is 11.1. The van der Waals surface area contributed by atoms with E-state index < -0.39 is 0 Å². The molecule has 1 saturated carbocycles. The van der Waals surface area contributed by atoms with Gasteiger partial charge in [-0.1, -0.05) is 22.4 Å². The van der Waals surface area contributed by atoms with Crippen molar-refractivity contribution in [3.05, 3.63) is 0 Å². The largest absolute Gasteiger partial charge is 0.459 e. The van der Waals surface area contributed by atoms with Crippen LogP contribution in [0.2, 0.25) is 0 Å². The molecule has 0 radical (unpaired) electrons. The number of esters is 1. The molecule has 0 aromatic rings. The summed E-state index contributed by atoms with van der Waals surface area (Å²) in [6, 6.07) is 0. The zero-order chi connectivity index (χ0) is 9.26. The van der Waals surface area contributed by atoms with E-state index in [1.165, 1.54) is 6.42 Å². The molecule has 2 rings (SSSR count). The fourth-order valence-electron chi connectivity index (χ4n) is 2.03. The van der Waals surface area contributed by atoms with E-state index in [4.69, 9.17) is 9.47 Å². The zero-order valence-electron chi connectivity index (χ0n) is 7.37. The molecule has 3 atom stereocenters. The summed E-state index contributed by atoms with van der Waals surface area (Å²) in [5.74, 6) is 0.170. The van der Waals surface area contributed by atoms with Crippen LogP contribution in [0.4, 0.5) is 0 Å². The van der Waals surface area contributed by atoms with Gasteiger partial charge in [0, 0.05) is 5.92 Å². The van der Waals surface area contributed by atoms with Crippen molar-refractivity contribution in [2.45, 2.75) is 30.2 Å². The second-order valence-corrected chi connectivity index (χ2v) is 4.85. The molecule has 0 aromatic heterocycles. The van der Waals surface area contributed by atoms with E-state index in [1.807, 2.05) is 0 Å². The molecular formula is C9H13BrO3. The van der Waals surface area contributed by atoms with Gasteiger partial charge in [0.15, 0.2) is 0 Å². The van der Waals surface area contributed by atoms with Gasteiger partial charge in [0.1, 0.15) is 12.7 Å². The third-order valence-corrected chi connectivity index (χ3v) is 3.67. The summed E-state index contributed by atoms with van der Waals surface area (Å²) < 4.78 is 10.5. The first-order valence-electron chi connectivity index (χ1n) is 4.68. The van der Waals surface area contributed by atoms with Crippen LogP contribution in [0, 0.1) is 5.92 Å². The molecule has 2 fully saturated rings. The topological polar surface area (TPSA) is 35.5 Å². The lowest BCUT2D eigenvalue weighted by Gasteiger charge is -2.32. The number of hydrogen-bond acceptors (Lipinski definition) is 3. The van der Waals surface area contributed by atoms with Crippen LogP contribution < -0.4 is 0 Å². The molecule has 0 bridgehead atoms. The van der Waals surface area contributed by atoms with Crippen molar-refractivity contribution in [1.82, 2.24) is 0 Å². The Morgan fingerprint density at radius 2 is 2.23 bits per heavy atom. The van der Waals surface area contributed by atoms with Crippen molar-refractivity contribution in [2.24, 2.45) is 5.92 Å². The van der Waals surface area contributed by atoms with Crippen LogP contribution in [-0.2, 0) is 14.3 Å². The van der Waals surface area contributed by atoms with E-state index in [-0.39, 0.29) is 18.7 Å². The Morgan fingerprint density at radius 3 is 3.08 bits per heavy atom. The van der Waals surface area contributed by atoms with E-state index in [2.05, 4.69) is 15.9 Å². The molecular weight excluding hydrogens is 236 g/mol. The summed E-state index contributed by atoms with van der Waals surface area (Å²) in [7, 11) is 0. The third kappa shape index (κ3) is 2.05. The molecule has 1 saturated heterocycles. The smallest absolute Gasteiger partial charge is 0.332 e. The van der Waals surface area contributed by atoms with Crippen molar-refractivity contribution in [3.8, 4) is 0 Å². The third-order valence-electron chi connectivity index (χ3n) is 2.70. The Balaban J connectivity index is 2.07. The monoisotopic (exact) mass is 248 g/mol. The van der Waals surface area contributed by atoms with Crippen LogP contribution in [0.25, 0.3) is 0 Å². The molecule has 0 spiro atoms. The lowest BCUT2D eigenvalue weighted by molar-refractivity contribution is -0.151. The number of fused-ring (bicyclic) bond motifs is 1. The van der Waals surface area contributed by atoms with Crippen LogP contribution in [0.15, 0.2) is 0 Å². The minimum absolute atomic E-state index is 0.0312. The second-order valence-electron chi connectivity index (χ2n) is 3.68. The van der Waals surface area contributed by atoms with Crippen molar-refractivity contribution in [3.63, 3.8) is 0 Å². The highest BCUT2D eigenvalue weighted by molar-refractivity contribution is 9.09. The van der Waals surface area contributed by atoms with Gasteiger partial charge in [-0.3, -0.25) is 0 Å². The highest BCUT2D eigenvalue weighted by atomic mass is 79.9. The molecule has 2 aliphatic rings. The first-order chi connectivity index (χ1) is 6.27. The van der Waals surface area contributed by atoms with Gasteiger partial charge in [0.25, 0.3) is 0 Å². The maximum absolute atomic E-state index is 11.1. The average molecular weight is 249 g/mol. The Morgan fingerprint density at radius 1 is 1.38 bits per heavy atom.